The van der Waals surface area contributed by atoms with Crippen LogP contribution in [0.15, 0.2) is 18.2 Å². The molecule has 1 nitrogen and oxygen atoms in total. The van der Waals surface area contributed by atoms with Crippen molar-refractivity contribution in [3.05, 3.63) is 29.3 Å². The maximum atomic E-state index is 13.5. The van der Waals surface area contributed by atoms with Crippen LogP contribution in [0.5, 0.6) is 0 Å². The van der Waals surface area contributed by atoms with E-state index in [1.165, 1.54) is 0 Å². The van der Waals surface area contributed by atoms with Crippen molar-refractivity contribution in [3.8, 4) is 0 Å². The number of nitrogens with two attached hydrogens (primary N) is 1. The number of hydrogen-bond acceptors (Lipinski definition) is 1. The maximum Gasteiger partial charge on any atom is 0.460 e. The first kappa shape index (κ1) is 17.4. The minimum absolute atomic E-state index is 0.111. The molecule has 0 aromatic heterocycles. The highest BCUT2D eigenvalue weighted by molar-refractivity contribution is 5.48. The summed E-state index contributed by atoms with van der Waals surface area (Å²) < 4.78 is 114. The second kappa shape index (κ2) is 4.70. The predicted octanol–water partition coefficient (Wildman–Crippen LogP) is 4.50. The Balaban J connectivity index is 3.43. The number of alkyl halides is 9. The van der Waals surface area contributed by atoms with E-state index in [-0.39, 0.29) is 17.3 Å². The van der Waals surface area contributed by atoms with Crippen molar-refractivity contribution in [2.24, 2.45) is 0 Å². The number of hydrogen-bond donors (Lipinski definition) is 1. The van der Waals surface area contributed by atoms with Gasteiger partial charge in [-0.15, -0.1) is 0 Å². The molecule has 0 heterocycles. The first-order valence-corrected chi connectivity index (χ1v) is 5.23. The largest absolute Gasteiger partial charge is 0.460 e. The highest BCUT2D eigenvalue weighted by Gasteiger charge is 2.82. The molecule has 1 rings (SSSR count). The Morgan fingerprint density at radius 1 is 0.810 bits per heavy atom. The third-order valence-electron chi connectivity index (χ3n) is 2.78. The number of rotatable bonds is 3. The molecule has 0 aliphatic rings. The second-order valence-corrected chi connectivity index (χ2v) is 4.29. The van der Waals surface area contributed by atoms with Crippen LogP contribution in [0, 0.1) is 6.92 Å². The van der Waals surface area contributed by atoms with E-state index in [0.29, 0.717) is 12.1 Å². The molecule has 2 N–H and O–H groups in total. The zero-order chi connectivity index (χ0) is 16.9. The minimum Gasteiger partial charge on any atom is -0.399 e. The smallest absolute Gasteiger partial charge is 0.399 e. The van der Waals surface area contributed by atoms with Gasteiger partial charge in [-0.05, 0) is 24.6 Å². The summed E-state index contributed by atoms with van der Waals surface area (Å²) in [5.41, 5.74) is 3.27. The molecule has 10 heteroatoms. The van der Waals surface area contributed by atoms with E-state index >= 15 is 0 Å². The molecule has 0 saturated carbocycles. The third kappa shape index (κ3) is 2.51. The number of nitrogen functional groups attached to an aromatic ring is 1. The van der Waals surface area contributed by atoms with Crippen molar-refractivity contribution in [1.82, 2.24) is 0 Å². The van der Waals surface area contributed by atoms with Gasteiger partial charge in [0, 0.05) is 11.3 Å². The van der Waals surface area contributed by atoms with Crippen LogP contribution in [0.1, 0.15) is 11.1 Å². The Hall–Kier alpha value is -1.61. The standard InChI is InChI=1S/C11H8F9N/c1-5-4-6(2-3-7(5)21)8(12,13)9(14,15)10(16,17)11(18,19)20/h2-4H,21H2,1H3. The number of benzene rings is 1. The van der Waals surface area contributed by atoms with Crippen LogP contribution in [-0.4, -0.2) is 18.0 Å². The molecular formula is C11H8F9N. The number of aryl methyl sites for hydroxylation is 1. The summed E-state index contributed by atoms with van der Waals surface area (Å²) in [6.45, 7) is 1.11. The van der Waals surface area contributed by atoms with Gasteiger partial charge in [0.2, 0.25) is 0 Å². The fraction of sp³-hybridized carbons (Fsp3) is 0.455. The van der Waals surface area contributed by atoms with E-state index in [2.05, 4.69) is 0 Å². The number of anilines is 1. The average Bonchev–Trinajstić information content (AvgIpc) is 2.30. The molecule has 0 aliphatic heterocycles. The maximum absolute atomic E-state index is 13.5. The summed E-state index contributed by atoms with van der Waals surface area (Å²) in [4.78, 5) is 0. The quantitative estimate of drug-likeness (QED) is 0.642. The lowest BCUT2D eigenvalue weighted by Crippen LogP contribution is -2.59. The van der Waals surface area contributed by atoms with Crippen molar-refractivity contribution < 1.29 is 39.5 Å². The Morgan fingerprint density at radius 3 is 1.67 bits per heavy atom. The van der Waals surface area contributed by atoms with Gasteiger partial charge in [-0.1, -0.05) is 6.07 Å². The zero-order valence-corrected chi connectivity index (χ0v) is 10.2. The first-order chi connectivity index (χ1) is 9.16. The number of halogens is 9. The Labute approximate surface area is 112 Å². The molecule has 1 aromatic rings. The molecule has 0 radical (unpaired) electrons. The highest BCUT2D eigenvalue weighted by Crippen LogP contribution is 2.56. The molecule has 1 aromatic carbocycles. The Kier molecular flexibility index (Phi) is 3.91. The predicted molar refractivity (Wildman–Crippen MR) is 55.4 cm³/mol. The molecule has 21 heavy (non-hydrogen) atoms. The summed E-state index contributed by atoms with van der Waals surface area (Å²) in [6, 6.07) is 1.30. The van der Waals surface area contributed by atoms with Gasteiger partial charge in [-0.2, -0.15) is 39.5 Å². The molecule has 0 bridgehead atoms. The van der Waals surface area contributed by atoms with E-state index < -0.39 is 29.5 Å². The van der Waals surface area contributed by atoms with Gasteiger partial charge < -0.3 is 5.73 Å². The molecule has 0 amide bonds. The molecule has 0 aliphatic carbocycles. The Bertz CT molecular complexity index is 533. The lowest BCUT2D eigenvalue weighted by Gasteiger charge is -2.34. The lowest BCUT2D eigenvalue weighted by atomic mass is 9.95. The fourth-order valence-electron chi connectivity index (χ4n) is 1.43. The van der Waals surface area contributed by atoms with Gasteiger partial charge in [-0.3, -0.25) is 0 Å². The van der Waals surface area contributed by atoms with Gasteiger partial charge in [0.15, 0.2) is 0 Å². The zero-order valence-electron chi connectivity index (χ0n) is 10.2. The van der Waals surface area contributed by atoms with Crippen LogP contribution < -0.4 is 5.73 Å². The van der Waals surface area contributed by atoms with Crippen LogP contribution in [0.3, 0.4) is 0 Å². The summed E-state index contributed by atoms with van der Waals surface area (Å²) in [5, 5.41) is 0. The fourth-order valence-corrected chi connectivity index (χ4v) is 1.43. The van der Waals surface area contributed by atoms with Crippen molar-refractivity contribution in [2.45, 2.75) is 30.9 Å². The van der Waals surface area contributed by atoms with Crippen molar-refractivity contribution in [1.29, 1.82) is 0 Å². The molecule has 0 atom stereocenters. The van der Waals surface area contributed by atoms with Gasteiger partial charge >= 0.3 is 23.9 Å². The minimum atomic E-state index is -6.90. The van der Waals surface area contributed by atoms with Crippen LogP contribution in [0.2, 0.25) is 0 Å². The molecule has 120 valence electrons. The molecular weight excluding hydrogens is 317 g/mol. The molecule has 0 fully saturated rings. The van der Waals surface area contributed by atoms with Crippen molar-refractivity contribution >= 4 is 5.69 Å². The lowest BCUT2D eigenvalue weighted by molar-refractivity contribution is -0.399. The monoisotopic (exact) mass is 325 g/mol. The summed E-state index contributed by atoms with van der Waals surface area (Å²) >= 11 is 0. The van der Waals surface area contributed by atoms with Gasteiger partial charge in [0.05, 0.1) is 0 Å². The van der Waals surface area contributed by atoms with Crippen LogP contribution in [0.25, 0.3) is 0 Å². The topological polar surface area (TPSA) is 26.0 Å². The molecule has 0 saturated heterocycles. The summed E-state index contributed by atoms with van der Waals surface area (Å²) in [5.74, 6) is -19.3. The van der Waals surface area contributed by atoms with Crippen LogP contribution in [-0.2, 0) is 5.92 Å². The Morgan fingerprint density at radius 2 is 1.29 bits per heavy atom. The van der Waals surface area contributed by atoms with Gasteiger partial charge in [-0.25, -0.2) is 0 Å². The van der Waals surface area contributed by atoms with Crippen molar-refractivity contribution in [3.63, 3.8) is 0 Å². The van der Waals surface area contributed by atoms with Crippen molar-refractivity contribution in [2.75, 3.05) is 5.73 Å². The van der Waals surface area contributed by atoms with E-state index in [1.807, 2.05) is 0 Å². The first-order valence-electron chi connectivity index (χ1n) is 5.23. The summed E-state index contributed by atoms with van der Waals surface area (Å²) in [6.07, 6.45) is -6.83. The van der Waals surface area contributed by atoms with E-state index in [0.717, 1.165) is 6.92 Å². The summed E-state index contributed by atoms with van der Waals surface area (Å²) in [7, 11) is 0. The van der Waals surface area contributed by atoms with Crippen LogP contribution >= 0.6 is 0 Å². The second-order valence-electron chi connectivity index (χ2n) is 4.29. The van der Waals surface area contributed by atoms with E-state index in [9.17, 15) is 39.5 Å². The third-order valence-corrected chi connectivity index (χ3v) is 2.78. The molecule has 0 unspecified atom stereocenters. The SMILES string of the molecule is Cc1cc(C(F)(F)C(F)(F)C(F)(F)C(F)(F)F)ccc1N. The normalized spacial score (nSPS) is 14.4. The van der Waals surface area contributed by atoms with Gasteiger partial charge in [0.1, 0.15) is 0 Å². The van der Waals surface area contributed by atoms with Crippen LogP contribution in [0.4, 0.5) is 45.2 Å². The van der Waals surface area contributed by atoms with Gasteiger partial charge in [0.25, 0.3) is 0 Å². The highest BCUT2D eigenvalue weighted by atomic mass is 19.4. The van der Waals surface area contributed by atoms with E-state index in [4.69, 9.17) is 5.73 Å². The van der Waals surface area contributed by atoms with E-state index in [1.54, 1.807) is 0 Å². The average molecular weight is 325 g/mol. The molecule has 0 spiro atoms.